The Morgan fingerprint density at radius 3 is 2.60 bits per heavy atom. The lowest BCUT2D eigenvalue weighted by molar-refractivity contribution is -0.137. The SMILES string of the molecule is C[C@H](c1cccc(C(F)(F)F)c1)N(C(=O)CN)C1CC1. The Morgan fingerprint density at radius 1 is 1.45 bits per heavy atom. The number of nitrogens with zero attached hydrogens (tertiary/aromatic N) is 1. The first-order chi connectivity index (χ1) is 9.34. The van der Waals surface area contributed by atoms with Crippen molar-refractivity contribution in [2.45, 2.75) is 38.0 Å². The third-order valence-electron chi connectivity index (χ3n) is 3.52. The van der Waals surface area contributed by atoms with E-state index < -0.39 is 17.8 Å². The van der Waals surface area contributed by atoms with Gasteiger partial charge < -0.3 is 10.6 Å². The molecule has 1 aliphatic carbocycles. The van der Waals surface area contributed by atoms with Crippen LogP contribution in [0, 0.1) is 0 Å². The third-order valence-corrected chi connectivity index (χ3v) is 3.52. The highest BCUT2D eigenvalue weighted by Crippen LogP contribution is 2.36. The van der Waals surface area contributed by atoms with Crippen molar-refractivity contribution >= 4 is 5.91 Å². The maximum atomic E-state index is 12.7. The van der Waals surface area contributed by atoms with Gasteiger partial charge in [0.25, 0.3) is 0 Å². The van der Waals surface area contributed by atoms with E-state index in [0.717, 1.165) is 25.0 Å². The molecule has 1 aromatic rings. The van der Waals surface area contributed by atoms with Gasteiger partial charge in [-0.25, -0.2) is 0 Å². The molecule has 1 amide bonds. The number of halogens is 3. The summed E-state index contributed by atoms with van der Waals surface area (Å²) in [6.45, 7) is 1.61. The fourth-order valence-corrected chi connectivity index (χ4v) is 2.33. The van der Waals surface area contributed by atoms with Crippen LogP contribution in [0.5, 0.6) is 0 Å². The maximum absolute atomic E-state index is 12.7. The van der Waals surface area contributed by atoms with Crippen molar-refractivity contribution in [2.24, 2.45) is 5.73 Å². The fourth-order valence-electron chi connectivity index (χ4n) is 2.33. The topological polar surface area (TPSA) is 46.3 Å². The maximum Gasteiger partial charge on any atom is 0.416 e. The van der Waals surface area contributed by atoms with Gasteiger partial charge in [0.05, 0.1) is 18.2 Å². The molecule has 1 aliphatic rings. The van der Waals surface area contributed by atoms with Crippen molar-refractivity contribution in [3.63, 3.8) is 0 Å². The third kappa shape index (κ3) is 3.12. The van der Waals surface area contributed by atoms with Gasteiger partial charge in [-0.15, -0.1) is 0 Å². The molecule has 1 fully saturated rings. The van der Waals surface area contributed by atoms with Crippen molar-refractivity contribution in [1.82, 2.24) is 4.90 Å². The number of hydrogen-bond acceptors (Lipinski definition) is 2. The molecule has 110 valence electrons. The molecule has 1 aromatic carbocycles. The van der Waals surface area contributed by atoms with Gasteiger partial charge >= 0.3 is 6.18 Å². The second-order valence-corrected chi connectivity index (χ2v) is 5.04. The van der Waals surface area contributed by atoms with Gasteiger partial charge in [0.2, 0.25) is 5.91 Å². The van der Waals surface area contributed by atoms with Gasteiger partial charge in [-0.2, -0.15) is 13.2 Å². The Hall–Kier alpha value is -1.56. The summed E-state index contributed by atoms with van der Waals surface area (Å²) >= 11 is 0. The number of carbonyl (C=O) groups is 1. The summed E-state index contributed by atoms with van der Waals surface area (Å²) in [5.41, 5.74) is 5.17. The molecule has 6 heteroatoms. The first kappa shape index (κ1) is 14.8. The van der Waals surface area contributed by atoms with Crippen LogP contribution < -0.4 is 5.73 Å². The Kier molecular flexibility index (Phi) is 4.04. The minimum Gasteiger partial charge on any atom is -0.332 e. The van der Waals surface area contributed by atoms with Crippen LogP contribution in [0.1, 0.15) is 36.9 Å². The molecule has 2 rings (SSSR count). The molecule has 0 unspecified atom stereocenters. The highest BCUT2D eigenvalue weighted by Gasteiger charge is 2.36. The number of benzene rings is 1. The van der Waals surface area contributed by atoms with Crippen molar-refractivity contribution in [1.29, 1.82) is 0 Å². The number of hydrogen-bond donors (Lipinski definition) is 1. The molecule has 0 saturated heterocycles. The molecule has 0 radical (unpaired) electrons. The lowest BCUT2D eigenvalue weighted by atomic mass is 10.0. The first-order valence-corrected chi connectivity index (χ1v) is 6.53. The van der Waals surface area contributed by atoms with E-state index in [1.807, 2.05) is 0 Å². The average Bonchev–Trinajstić information content (AvgIpc) is 3.22. The van der Waals surface area contributed by atoms with E-state index in [9.17, 15) is 18.0 Å². The molecule has 20 heavy (non-hydrogen) atoms. The van der Waals surface area contributed by atoms with E-state index in [-0.39, 0.29) is 18.5 Å². The van der Waals surface area contributed by atoms with Crippen LogP contribution >= 0.6 is 0 Å². The van der Waals surface area contributed by atoms with Gasteiger partial charge in [0, 0.05) is 6.04 Å². The second-order valence-electron chi connectivity index (χ2n) is 5.04. The fraction of sp³-hybridized carbons (Fsp3) is 0.500. The zero-order valence-corrected chi connectivity index (χ0v) is 11.2. The Balaban J connectivity index is 2.27. The minimum absolute atomic E-state index is 0.107. The van der Waals surface area contributed by atoms with Crippen LogP contribution in [0.25, 0.3) is 0 Å². The van der Waals surface area contributed by atoms with Gasteiger partial charge in [0.1, 0.15) is 0 Å². The normalized spacial score (nSPS) is 16.9. The van der Waals surface area contributed by atoms with E-state index in [4.69, 9.17) is 5.73 Å². The molecule has 0 spiro atoms. The van der Waals surface area contributed by atoms with E-state index in [1.165, 1.54) is 6.07 Å². The van der Waals surface area contributed by atoms with E-state index in [0.29, 0.717) is 5.56 Å². The van der Waals surface area contributed by atoms with Gasteiger partial charge in [-0.1, -0.05) is 12.1 Å². The smallest absolute Gasteiger partial charge is 0.332 e. The predicted molar refractivity (Wildman–Crippen MR) is 68.8 cm³/mol. The van der Waals surface area contributed by atoms with Crippen molar-refractivity contribution in [2.75, 3.05) is 6.54 Å². The molecule has 0 aliphatic heterocycles. The van der Waals surface area contributed by atoms with E-state index in [2.05, 4.69) is 0 Å². The molecular weight excluding hydrogens is 269 g/mol. The Labute approximate surface area is 115 Å². The number of rotatable bonds is 4. The number of nitrogens with two attached hydrogens (primary N) is 1. The van der Waals surface area contributed by atoms with Crippen LogP contribution in [0.15, 0.2) is 24.3 Å². The van der Waals surface area contributed by atoms with Crippen LogP contribution in [0.4, 0.5) is 13.2 Å². The van der Waals surface area contributed by atoms with Gasteiger partial charge in [-0.3, -0.25) is 4.79 Å². The molecule has 2 N–H and O–H groups in total. The largest absolute Gasteiger partial charge is 0.416 e. The number of alkyl halides is 3. The highest BCUT2D eigenvalue weighted by molar-refractivity contribution is 5.79. The zero-order valence-electron chi connectivity index (χ0n) is 11.2. The molecule has 0 bridgehead atoms. The molecular formula is C14H17F3N2O. The van der Waals surface area contributed by atoms with E-state index in [1.54, 1.807) is 17.9 Å². The number of carbonyl (C=O) groups excluding carboxylic acids is 1. The van der Waals surface area contributed by atoms with E-state index >= 15 is 0 Å². The van der Waals surface area contributed by atoms with Crippen LogP contribution in [0.3, 0.4) is 0 Å². The Bertz CT molecular complexity index is 497. The van der Waals surface area contributed by atoms with Crippen molar-refractivity contribution < 1.29 is 18.0 Å². The van der Waals surface area contributed by atoms with Gasteiger partial charge in [0.15, 0.2) is 0 Å². The lowest BCUT2D eigenvalue weighted by Crippen LogP contribution is -2.39. The summed E-state index contributed by atoms with van der Waals surface area (Å²) in [5.74, 6) is -0.225. The summed E-state index contributed by atoms with van der Waals surface area (Å²) in [4.78, 5) is 13.5. The van der Waals surface area contributed by atoms with Crippen molar-refractivity contribution in [3.05, 3.63) is 35.4 Å². The second kappa shape index (κ2) is 5.44. The predicted octanol–water partition coefficient (Wildman–Crippen LogP) is 2.72. The van der Waals surface area contributed by atoms with Crippen molar-refractivity contribution in [3.8, 4) is 0 Å². The molecule has 0 heterocycles. The Morgan fingerprint density at radius 2 is 2.10 bits per heavy atom. The zero-order chi connectivity index (χ0) is 14.9. The summed E-state index contributed by atoms with van der Waals surface area (Å²) < 4.78 is 38.2. The monoisotopic (exact) mass is 286 g/mol. The standard InChI is InChI=1S/C14H17F3N2O/c1-9(19(12-5-6-12)13(20)8-18)10-3-2-4-11(7-10)14(15,16)17/h2-4,7,9,12H,5-6,8,18H2,1H3/t9-/m1/s1. The summed E-state index contributed by atoms with van der Waals surface area (Å²) in [6, 6.07) is 4.81. The lowest BCUT2D eigenvalue weighted by Gasteiger charge is -2.29. The molecule has 0 aromatic heterocycles. The summed E-state index contributed by atoms with van der Waals surface area (Å²) in [7, 11) is 0. The first-order valence-electron chi connectivity index (χ1n) is 6.53. The van der Waals surface area contributed by atoms with Crippen LogP contribution in [0.2, 0.25) is 0 Å². The summed E-state index contributed by atoms with van der Waals surface area (Å²) in [5, 5.41) is 0. The molecule has 3 nitrogen and oxygen atoms in total. The van der Waals surface area contributed by atoms with Crippen LogP contribution in [-0.2, 0) is 11.0 Å². The average molecular weight is 286 g/mol. The summed E-state index contributed by atoms with van der Waals surface area (Å²) in [6.07, 6.45) is -2.61. The molecule has 1 saturated carbocycles. The minimum atomic E-state index is -4.38. The van der Waals surface area contributed by atoms with Gasteiger partial charge in [-0.05, 0) is 37.5 Å². The quantitative estimate of drug-likeness (QED) is 0.925. The number of amides is 1. The molecule has 1 atom stereocenters. The highest BCUT2D eigenvalue weighted by atomic mass is 19.4. The van der Waals surface area contributed by atoms with Crippen LogP contribution in [-0.4, -0.2) is 23.4 Å².